The molecule has 1 nitrogen and oxygen atoms in total. The lowest BCUT2D eigenvalue weighted by molar-refractivity contribution is 0.170. The van der Waals surface area contributed by atoms with Crippen molar-refractivity contribution in [1.29, 1.82) is 0 Å². The molecule has 1 N–H and O–H groups in total. The Morgan fingerprint density at radius 3 is 2.64 bits per heavy atom. The summed E-state index contributed by atoms with van der Waals surface area (Å²) in [5.41, 5.74) is 0.594. The maximum absolute atomic E-state index is 12.7. The highest BCUT2D eigenvalue weighted by molar-refractivity contribution is 5.24. The first-order chi connectivity index (χ1) is 6.63. The van der Waals surface area contributed by atoms with Gasteiger partial charge in [-0.1, -0.05) is 13.0 Å². The summed E-state index contributed by atoms with van der Waals surface area (Å²) in [5, 5.41) is 9.24. The third-order valence-electron chi connectivity index (χ3n) is 2.04. The van der Waals surface area contributed by atoms with Crippen LogP contribution in [0.4, 0.5) is 8.78 Å². The maximum Gasteiger partial charge on any atom is 0.159 e. The van der Waals surface area contributed by atoms with Gasteiger partial charge in [-0.05, 0) is 37.0 Å². The van der Waals surface area contributed by atoms with Gasteiger partial charge in [0.15, 0.2) is 11.6 Å². The lowest BCUT2D eigenvalue weighted by Crippen LogP contribution is -2.04. The van der Waals surface area contributed by atoms with Gasteiger partial charge in [0.25, 0.3) is 0 Å². The van der Waals surface area contributed by atoms with Crippen molar-refractivity contribution >= 4 is 0 Å². The lowest BCUT2D eigenvalue weighted by Gasteiger charge is -2.06. The van der Waals surface area contributed by atoms with Gasteiger partial charge in [-0.25, -0.2) is 8.78 Å². The second kappa shape index (κ2) is 5.05. The summed E-state index contributed by atoms with van der Waals surface area (Å²) in [6.45, 7) is 1.86. The van der Waals surface area contributed by atoms with Crippen LogP contribution in [0.1, 0.15) is 25.3 Å². The number of hydrogen-bond donors (Lipinski definition) is 1. The molecule has 0 spiro atoms. The number of benzene rings is 1. The zero-order valence-corrected chi connectivity index (χ0v) is 8.00. The molecule has 3 heteroatoms. The van der Waals surface area contributed by atoms with Gasteiger partial charge in [0, 0.05) is 0 Å². The van der Waals surface area contributed by atoms with Crippen LogP contribution in [0.2, 0.25) is 0 Å². The van der Waals surface area contributed by atoms with Crippen LogP contribution >= 0.6 is 0 Å². The maximum atomic E-state index is 12.7. The molecule has 77 valence electrons. The molecule has 0 saturated heterocycles. The molecule has 0 heterocycles. The molecular formula is C11H13F2O. The van der Waals surface area contributed by atoms with E-state index < -0.39 is 17.7 Å². The molecule has 0 bridgehead atoms. The summed E-state index contributed by atoms with van der Waals surface area (Å²) in [5.74, 6) is -1.71. The van der Waals surface area contributed by atoms with Crippen molar-refractivity contribution in [3.05, 3.63) is 41.8 Å². The largest absolute Gasteiger partial charge is 0.393 e. The molecule has 1 aromatic rings. The Kier molecular flexibility index (Phi) is 4.01. The third kappa shape index (κ3) is 3.07. The second-order valence-electron chi connectivity index (χ2n) is 3.18. The first-order valence-corrected chi connectivity index (χ1v) is 4.59. The standard InChI is InChI=1S/C11H13F2O/c1-2-9(14)5-3-8-4-6-10(12)11(13)7-8/h3-4,6-7,9,14H,2,5H2,1H3. The van der Waals surface area contributed by atoms with Crippen molar-refractivity contribution in [2.45, 2.75) is 25.9 Å². The summed E-state index contributed by atoms with van der Waals surface area (Å²) in [6.07, 6.45) is 2.39. The fraction of sp³-hybridized carbons (Fsp3) is 0.364. The monoisotopic (exact) mass is 199 g/mol. The van der Waals surface area contributed by atoms with Gasteiger partial charge < -0.3 is 5.11 Å². The van der Waals surface area contributed by atoms with Gasteiger partial charge in [-0.2, -0.15) is 0 Å². The predicted molar refractivity (Wildman–Crippen MR) is 50.7 cm³/mol. The van der Waals surface area contributed by atoms with E-state index in [9.17, 15) is 13.9 Å². The average Bonchev–Trinajstić information content (AvgIpc) is 2.19. The summed E-state index contributed by atoms with van der Waals surface area (Å²) < 4.78 is 25.3. The van der Waals surface area contributed by atoms with Crippen molar-refractivity contribution in [3.63, 3.8) is 0 Å². The van der Waals surface area contributed by atoms with E-state index in [-0.39, 0.29) is 0 Å². The second-order valence-corrected chi connectivity index (χ2v) is 3.18. The summed E-state index contributed by atoms with van der Waals surface area (Å²) in [6, 6.07) is 3.69. The van der Waals surface area contributed by atoms with Crippen molar-refractivity contribution in [2.24, 2.45) is 0 Å². The molecule has 1 unspecified atom stereocenters. The Bertz CT molecular complexity index is 299. The zero-order valence-electron chi connectivity index (χ0n) is 8.00. The minimum atomic E-state index is -0.857. The van der Waals surface area contributed by atoms with Gasteiger partial charge in [0.05, 0.1) is 6.10 Å². The molecule has 1 aromatic carbocycles. The van der Waals surface area contributed by atoms with Crippen LogP contribution in [0.5, 0.6) is 0 Å². The number of aliphatic hydroxyl groups is 1. The minimum absolute atomic E-state index is 0.414. The number of hydrogen-bond acceptors (Lipinski definition) is 1. The van der Waals surface area contributed by atoms with Gasteiger partial charge >= 0.3 is 0 Å². The van der Waals surface area contributed by atoms with E-state index in [0.29, 0.717) is 18.4 Å². The normalized spacial score (nSPS) is 12.9. The molecular weight excluding hydrogens is 186 g/mol. The van der Waals surface area contributed by atoms with Crippen LogP contribution in [0.25, 0.3) is 0 Å². The quantitative estimate of drug-likeness (QED) is 0.790. The minimum Gasteiger partial charge on any atom is -0.393 e. The molecule has 0 aliphatic heterocycles. The number of aliphatic hydroxyl groups excluding tert-OH is 1. The lowest BCUT2D eigenvalue weighted by atomic mass is 10.1. The summed E-state index contributed by atoms with van der Waals surface area (Å²) in [4.78, 5) is 0. The molecule has 0 fully saturated rings. The van der Waals surface area contributed by atoms with Crippen LogP contribution in [0, 0.1) is 18.1 Å². The number of halogens is 2. The molecule has 1 rings (SSSR count). The van der Waals surface area contributed by atoms with E-state index in [1.165, 1.54) is 6.07 Å². The molecule has 0 amide bonds. The Labute approximate surface area is 82.4 Å². The number of rotatable bonds is 4. The van der Waals surface area contributed by atoms with E-state index in [4.69, 9.17) is 0 Å². The molecule has 14 heavy (non-hydrogen) atoms. The van der Waals surface area contributed by atoms with Crippen molar-refractivity contribution in [2.75, 3.05) is 0 Å². The van der Waals surface area contributed by atoms with E-state index >= 15 is 0 Å². The molecule has 0 aromatic heterocycles. The fourth-order valence-electron chi connectivity index (χ4n) is 1.08. The highest BCUT2D eigenvalue weighted by Crippen LogP contribution is 2.13. The molecule has 0 aliphatic carbocycles. The van der Waals surface area contributed by atoms with E-state index in [1.807, 2.05) is 6.92 Å². The summed E-state index contributed by atoms with van der Waals surface area (Å²) >= 11 is 0. The first kappa shape index (κ1) is 11.1. The van der Waals surface area contributed by atoms with Crippen molar-refractivity contribution in [3.8, 4) is 0 Å². The van der Waals surface area contributed by atoms with Crippen LogP contribution in [-0.4, -0.2) is 11.2 Å². The average molecular weight is 199 g/mol. The molecule has 1 radical (unpaired) electrons. The smallest absolute Gasteiger partial charge is 0.159 e. The fourth-order valence-corrected chi connectivity index (χ4v) is 1.08. The van der Waals surface area contributed by atoms with Gasteiger partial charge in [-0.15, -0.1) is 0 Å². The van der Waals surface area contributed by atoms with Gasteiger partial charge in [-0.3, -0.25) is 0 Å². The van der Waals surface area contributed by atoms with Gasteiger partial charge in [0.2, 0.25) is 0 Å². The van der Waals surface area contributed by atoms with Crippen molar-refractivity contribution in [1.82, 2.24) is 0 Å². The molecule has 0 aliphatic rings. The van der Waals surface area contributed by atoms with Crippen LogP contribution in [0.15, 0.2) is 18.2 Å². The van der Waals surface area contributed by atoms with E-state index in [1.54, 1.807) is 6.42 Å². The Morgan fingerprint density at radius 2 is 2.07 bits per heavy atom. The van der Waals surface area contributed by atoms with Crippen LogP contribution in [0.3, 0.4) is 0 Å². The summed E-state index contributed by atoms with van der Waals surface area (Å²) in [7, 11) is 0. The Morgan fingerprint density at radius 1 is 1.36 bits per heavy atom. The highest BCUT2D eigenvalue weighted by atomic mass is 19.2. The topological polar surface area (TPSA) is 20.2 Å². The highest BCUT2D eigenvalue weighted by Gasteiger charge is 2.05. The van der Waals surface area contributed by atoms with E-state index in [2.05, 4.69) is 0 Å². The molecule has 0 saturated carbocycles. The van der Waals surface area contributed by atoms with Crippen LogP contribution in [-0.2, 0) is 0 Å². The predicted octanol–water partition coefficient (Wildman–Crippen LogP) is 2.68. The Balaban J connectivity index is 2.55. The third-order valence-corrected chi connectivity index (χ3v) is 2.04. The SMILES string of the molecule is CCC(O)C[CH]c1ccc(F)c(F)c1. The van der Waals surface area contributed by atoms with Crippen molar-refractivity contribution < 1.29 is 13.9 Å². The van der Waals surface area contributed by atoms with Crippen LogP contribution < -0.4 is 0 Å². The van der Waals surface area contributed by atoms with E-state index in [0.717, 1.165) is 12.1 Å². The van der Waals surface area contributed by atoms with Gasteiger partial charge in [0.1, 0.15) is 0 Å². The zero-order chi connectivity index (χ0) is 10.6. The molecule has 1 atom stereocenters. The first-order valence-electron chi connectivity index (χ1n) is 4.59. The Hall–Kier alpha value is -0.960.